The van der Waals surface area contributed by atoms with Gasteiger partial charge in [0.15, 0.2) is 0 Å². The Morgan fingerprint density at radius 2 is 1.69 bits per heavy atom. The number of nitrogens with zero attached hydrogens (tertiary/aromatic N) is 4. The van der Waals surface area contributed by atoms with Crippen molar-refractivity contribution in [1.29, 1.82) is 0 Å². The molecule has 0 spiro atoms. The molecule has 0 unspecified atom stereocenters. The third-order valence-corrected chi connectivity index (χ3v) is 11.9. The van der Waals surface area contributed by atoms with Crippen LogP contribution in [0.15, 0.2) is 114 Å². The quantitative estimate of drug-likeness (QED) is 0.0606. The zero-order valence-electron chi connectivity index (χ0n) is 32.4. The fraction of sp³-hybridized carbons (Fsp3) is 0.250. The van der Waals surface area contributed by atoms with Gasteiger partial charge in [0.1, 0.15) is 17.2 Å². The van der Waals surface area contributed by atoms with E-state index in [9.17, 15) is 23.3 Å². The van der Waals surface area contributed by atoms with E-state index >= 15 is 0 Å². The summed E-state index contributed by atoms with van der Waals surface area (Å²) in [7, 11) is -0.669. The molecule has 5 aromatic carbocycles. The number of amides is 1. The summed E-state index contributed by atoms with van der Waals surface area (Å²) in [4.78, 5) is 31.4. The largest absolute Gasteiger partial charge is 0.456 e. The summed E-state index contributed by atoms with van der Waals surface area (Å²) in [5.74, 6) is -0.211. The number of carbonyl (C=O) groups excluding carboxylic acids is 1. The van der Waals surface area contributed by atoms with Gasteiger partial charge in [-0.2, -0.15) is 0 Å². The lowest BCUT2D eigenvalue weighted by Crippen LogP contribution is -2.46. The summed E-state index contributed by atoms with van der Waals surface area (Å²) in [6, 6.07) is 30.6. The van der Waals surface area contributed by atoms with Crippen LogP contribution >= 0.6 is 11.6 Å². The summed E-state index contributed by atoms with van der Waals surface area (Å²) in [6.07, 6.45) is 5.48. The molecule has 0 radical (unpaired) electrons. The SMILES string of the molecule is CN(C)CCCNc1ccc(S(=O)(=O)NC(=O)c2ccc(N3CCN(Cc4ccccc4-c4ccc(Cl)cc4)CC3)cc2Oc2cccc3c2C=CC3)cc1[N+](=O)[O-]. The van der Waals surface area contributed by atoms with Crippen molar-refractivity contribution >= 4 is 50.7 Å². The van der Waals surface area contributed by atoms with E-state index in [-0.39, 0.29) is 17.0 Å². The molecule has 14 heteroatoms. The number of piperazine rings is 1. The Labute approximate surface area is 343 Å². The molecule has 0 aromatic heterocycles. The van der Waals surface area contributed by atoms with Crippen LogP contribution < -0.4 is 19.7 Å². The van der Waals surface area contributed by atoms with Gasteiger partial charge in [-0.1, -0.05) is 72.3 Å². The molecule has 1 saturated heterocycles. The van der Waals surface area contributed by atoms with Crippen molar-refractivity contribution in [3.05, 3.63) is 147 Å². The third kappa shape index (κ3) is 9.51. The van der Waals surface area contributed by atoms with Crippen LogP contribution in [0.1, 0.15) is 33.5 Å². The van der Waals surface area contributed by atoms with Gasteiger partial charge >= 0.3 is 0 Å². The lowest BCUT2D eigenvalue weighted by Gasteiger charge is -2.36. The van der Waals surface area contributed by atoms with Crippen molar-refractivity contribution in [2.24, 2.45) is 0 Å². The van der Waals surface area contributed by atoms with Crippen LogP contribution in [-0.2, 0) is 23.0 Å². The van der Waals surface area contributed by atoms with Gasteiger partial charge in [-0.05, 0) is 98.2 Å². The summed E-state index contributed by atoms with van der Waals surface area (Å²) in [5.41, 5.74) is 6.07. The number of sulfonamides is 1. The number of allylic oxidation sites excluding steroid dienone is 1. The molecular formula is C44H45ClN6O6S. The number of benzene rings is 5. The fourth-order valence-electron chi connectivity index (χ4n) is 7.26. The van der Waals surface area contributed by atoms with Crippen molar-refractivity contribution in [1.82, 2.24) is 14.5 Å². The minimum absolute atomic E-state index is 0.00183. The van der Waals surface area contributed by atoms with Crippen molar-refractivity contribution in [2.45, 2.75) is 24.3 Å². The summed E-state index contributed by atoms with van der Waals surface area (Å²) in [6.45, 7) is 5.01. The molecule has 5 aromatic rings. The number of fused-ring (bicyclic) bond motifs is 1. The first-order valence-corrected chi connectivity index (χ1v) is 21.0. The standard InChI is InChI=1S/C44H45ClN6O6S/c1-48(2)23-7-22-46-40-21-19-36(29-41(40)51(53)54)58(55,56)47-44(52)39-20-18-35(28-43(39)57-42-13-6-10-31-9-5-12-38(31)42)50-26-24-49(25-27-50)30-33-8-3-4-11-37(33)32-14-16-34(45)17-15-32/h3-6,8,10-21,28-29,46H,7,9,22-27,30H2,1-2H3,(H,47,52). The highest BCUT2D eigenvalue weighted by Gasteiger charge is 2.27. The van der Waals surface area contributed by atoms with E-state index in [1.54, 1.807) is 18.2 Å². The van der Waals surface area contributed by atoms with Gasteiger partial charge in [-0.3, -0.25) is 19.8 Å². The summed E-state index contributed by atoms with van der Waals surface area (Å²) < 4.78 is 35.8. The zero-order chi connectivity index (χ0) is 40.8. The number of nitrogens with one attached hydrogen (secondary N) is 2. The predicted molar refractivity (Wildman–Crippen MR) is 229 cm³/mol. The van der Waals surface area contributed by atoms with Crippen molar-refractivity contribution in [2.75, 3.05) is 63.6 Å². The molecule has 0 bridgehead atoms. The first-order valence-electron chi connectivity index (χ1n) is 19.1. The van der Waals surface area contributed by atoms with E-state index in [1.807, 2.05) is 79.7 Å². The normalized spacial score (nSPS) is 14.0. The Kier molecular flexibility index (Phi) is 12.4. The molecule has 58 heavy (non-hydrogen) atoms. The van der Waals surface area contributed by atoms with Crippen LogP contribution in [0.25, 0.3) is 17.2 Å². The number of anilines is 2. The van der Waals surface area contributed by atoms with Crippen LogP contribution in [0.5, 0.6) is 11.5 Å². The van der Waals surface area contributed by atoms with Crippen LogP contribution in [0.2, 0.25) is 5.02 Å². The molecule has 1 amide bonds. The molecule has 0 saturated carbocycles. The first kappa shape index (κ1) is 40.5. The Bertz CT molecular complexity index is 2450. The second-order valence-electron chi connectivity index (χ2n) is 14.6. The number of carbonyl (C=O) groups is 1. The highest BCUT2D eigenvalue weighted by atomic mass is 35.5. The second-order valence-corrected chi connectivity index (χ2v) is 16.7. The molecular weight excluding hydrogens is 776 g/mol. The molecule has 1 aliphatic heterocycles. The van der Waals surface area contributed by atoms with Gasteiger partial charge < -0.3 is 19.9 Å². The van der Waals surface area contributed by atoms with Crippen molar-refractivity contribution < 1.29 is 22.9 Å². The maximum atomic E-state index is 13.9. The van der Waals surface area contributed by atoms with E-state index in [1.165, 1.54) is 23.3 Å². The average molecular weight is 821 g/mol. The number of rotatable bonds is 15. The number of nitro groups is 1. The van der Waals surface area contributed by atoms with Gasteiger partial charge in [0.2, 0.25) is 0 Å². The lowest BCUT2D eigenvalue weighted by atomic mass is 9.99. The molecule has 0 atom stereocenters. The van der Waals surface area contributed by atoms with Crippen LogP contribution in [0.4, 0.5) is 17.1 Å². The average Bonchev–Trinajstić information content (AvgIpc) is 3.70. The summed E-state index contributed by atoms with van der Waals surface area (Å²) in [5, 5.41) is 15.7. The molecule has 300 valence electrons. The third-order valence-electron chi connectivity index (χ3n) is 10.3. The highest BCUT2D eigenvalue weighted by Crippen LogP contribution is 2.37. The number of hydrogen-bond acceptors (Lipinski definition) is 10. The minimum atomic E-state index is -4.53. The Balaban J connectivity index is 1.10. The molecule has 1 aliphatic carbocycles. The zero-order valence-corrected chi connectivity index (χ0v) is 33.9. The Hall–Kier alpha value is -5.73. The lowest BCUT2D eigenvalue weighted by molar-refractivity contribution is -0.384. The maximum absolute atomic E-state index is 13.9. The highest BCUT2D eigenvalue weighted by molar-refractivity contribution is 7.90. The van der Waals surface area contributed by atoms with Gasteiger partial charge in [0.05, 0.1) is 15.4 Å². The van der Waals surface area contributed by atoms with Crippen LogP contribution in [-0.4, -0.2) is 82.4 Å². The number of halogens is 1. The number of nitro benzene ring substituents is 1. The summed E-state index contributed by atoms with van der Waals surface area (Å²) >= 11 is 6.15. The number of ether oxygens (including phenoxy) is 1. The van der Waals surface area contributed by atoms with E-state index in [4.69, 9.17) is 16.3 Å². The smallest absolute Gasteiger partial charge is 0.293 e. The predicted octanol–water partition coefficient (Wildman–Crippen LogP) is 8.08. The molecule has 12 nitrogen and oxygen atoms in total. The molecule has 1 fully saturated rings. The Morgan fingerprint density at radius 1 is 0.914 bits per heavy atom. The minimum Gasteiger partial charge on any atom is -0.456 e. The molecule has 2 aliphatic rings. The van der Waals surface area contributed by atoms with Crippen LogP contribution in [0.3, 0.4) is 0 Å². The van der Waals surface area contributed by atoms with E-state index in [0.29, 0.717) is 30.4 Å². The van der Waals surface area contributed by atoms with Crippen LogP contribution in [0, 0.1) is 10.1 Å². The molecule has 2 N–H and O–H groups in total. The Morgan fingerprint density at radius 3 is 2.45 bits per heavy atom. The van der Waals surface area contributed by atoms with Gasteiger partial charge in [-0.25, -0.2) is 13.1 Å². The van der Waals surface area contributed by atoms with Gasteiger partial charge in [0.25, 0.3) is 21.6 Å². The molecule has 1 heterocycles. The first-order chi connectivity index (χ1) is 27.9. The van der Waals surface area contributed by atoms with Crippen molar-refractivity contribution in [3.8, 4) is 22.6 Å². The number of hydrogen-bond donors (Lipinski definition) is 2. The maximum Gasteiger partial charge on any atom is 0.293 e. The van der Waals surface area contributed by atoms with Gasteiger partial charge in [0, 0.05) is 67.7 Å². The van der Waals surface area contributed by atoms with E-state index in [0.717, 1.165) is 67.5 Å². The van der Waals surface area contributed by atoms with Crippen molar-refractivity contribution in [3.63, 3.8) is 0 Å². The fourth-order valence-corrected chi connectivity index (χ4v) is 8.37. The van der Waals surface area contributed by atoms with E-state index < -0.39 is 31.4 Å². The van der Waals surface area contributed by atoms with Gasteiger partial charge in [-0.15, -0.1) is 0 Å². The van der Waals surface area contributed by atoms with E-state index in [2.05, 4.69) is 38.0 Å². The topological polar surface area (TPSA) is 137 Å². The monoisotopic (exact) mass is 820 g/mol. The second kappa shape index (κ2) is 17.8. The molecule has 7 rings (SSSR count).